The van der Waals surface area contributed by atoms with Crippen molar-refractivity contribution in [3.05, 3.63) is 28.8 Å². The fourth-order valence-electron chi connectivity index (χ4n) is 1.51. The van der Waals surface area contributed by atoms with Gasteiger partial charge in [-0.15, -0.1) is 0 Å². The van der Waals surface area contributed by atoms with Gasteiger partial charge in [-0.3, -0.25) is 4.79 Å². The van der Waals surface area contributed by atoms with E-state index >= 15 is 0 Å². The van der Waals surface area contributed by atoms with Gasteiger partial charge in [0.05, 0.1) is 23.8 Å². The number of rotatable bonds is 6. The van der Waals surface area contributed by atoms with Crippen LogP contribution in [0.15, 0.2) is 18.2 Å². The van der Waals surface area contributed by atoms with E-state index < -0.39 is 0 Å². The van der Waals surface area contributed by atoms with E-state index in [1.807, 2.05) is 0 Å². The third-order valence-electron chi connectivity index (χ3n) is 2.45. The Bertz CT molecular complexity index is 412. The molecule has 1 aromatic carbocycles. The number of aliphatic hydroxyl groups excluding tert-OH is 1. The molecule has 0 spiro atoms. The van der Waals surface area contributed by atoms with Crippen molar-refractivity contribution in [3.63, 3.8) is 0 Å². The van der Waals surface area contributed by atoms with Gasteiger partial charge in [-0.25, -0.2) is 0 Å². The lowest BCUT2D eigenvalue weighted by Crippen LogP contribution is -2.36. The number of ether oxygens (including phenoxy) is 1. The average molecular weight is 273 g/mol. The lowest BCUT2D eigenvalue weighted by atomic mass is 10.1. The number of nitrogens with two attached hydrogens (primary N) is 1. The number of aliphatic hydroxyl groups is 1. The van der Waals surface area contributed by atoms with Gasteiger partial charge in [-0.2, -0.15) is 0 Å². The van der Waals surface area contributed by atoms with E-state index in [2.05, 4.69) is 0 Å². The summed E-state index contributed by atoms with van der Waals surface area (Å²) in [5.74, 6) is -0.244. The summed E-state index contributed by atoms with van der Waals surface area (Å²) in [5, 5.41) is 9.26. The molecule has 6 heteroatoms. The normalized spacial score (nSPS) is 10.4. The molecule has 0 radical (unpaired) electrons. The Morgan fingerprint density at radius 1 is 1.50 bits per heavy atom. The molecule has 0 fully saturated rings. The van der Waals surface area contributed by atoms with E-state index in [1.54, 1.807) is 19.2 Å². The first kappa shape index (κ1) is 14.8. The predicted octanol–water partition coefficient (Wildman–Crippen LogP) is 1.00. The molecule has 1 amide bonds. The summed E-state index contributed by atoms with van der Waals surface area (Å²) in [7, 11) is 1.55. The van der Waals surface area contributed by atoms with Crippen molar-refractivity contribution in [1.29, 1.82) is 0 Å². The van der Waals surface area contributed by atoms with Crippen LogP contribution in [-0.2, 0) is 4.74 Å². The van der Waals surface area contributed by atoms with Crippen molar-refractivity contribution < 1.29 is 14.6 Å². The van der Waals surface area contributed by atoms with Crippen molar-refractivity contribution in [3.8, 4) is 0 Å². The minimum absolute atomic E-state index is 0.109. The summed E-state index contributed by atoms with van der Waals surface area (Å²) in [6.07, 6.45) is 0. The summed E-state index contributed by atoms with van der Waals surface area (Å²) in [4.78, 5) is 13.7. The minimum Gasteiger partial charge on any atom is -0.399 e. The second kappa shape index (κ2) is 7.20. The molecule has 0 saturated heterocycles. The average Bonchev–Trinajstić information content (AvgIpc) is 2.33. The van der Waals surface area contributed by atoms with Gasteiger partial charge in [0, 0.05) is 25.9 Å². The Morgan fingerprint density at radius 2 is 2.22 bits per heavy atom. The standard InChI is InChI=1S/C12H17ClN2O3/c1-18-7-5-15(4-6-16)12(17)10-3-2-9(14)8-11(10)13/h2-3,8,16H,4-7,14H2,1H3. The first-order chi connectivity index (χ1) is 8.60. The molecular weight excluding hydrogens is 256 g/mol. The maximum Gasteiger partial charge on any atom is 0.255 e. The highest BCUT2D eigenvalue weighted by Crippen LogP contribution is 2.20. The zero-order valence-corrected chi connectivity index (χ0v) is 11.0. The maximum atomic E-state index is 12.2. The third-order valence-corrected chi connectivity index (χ3v) is 2.76. The number of nitrogens with zero attached hydrogens (tertiary/aromatic N) is 1. The topological polar surface area (TPSA) is 75.8 Å². The quantitative estimate of drug-likeness (QED) is 0.758. The van der Waals surface area contributed by atoms with Crippen molar-refractivity contribution in [2.45, 2.75) is 0 Å². The van der Waals surface area contributed by atoms with Gasteiger partial charge >= 0.3 is 0 Å². The van der Waals surface area contributed by atoms with Crippen LogP contribution in [0.25, 0.3) is 0 Å². The molecule has 5 nitrogen and oxygen atoms in total. The lowest BCUT2D eigenvalue weighted by Gasteiger charge is -2.22. The second-order valence-electron chi connectivity index (χ2n) is 3.75. The van der Waals surface area contributed by atoms with Crippen LogP contribution < -0.4 is 5.73 Å². The summed E-state index contributed by atoms with van der Waals surface area (Å²) in [6.45, 7) is 0.930. The first-order valence-electron chi connectivity index (χ1n) is 5.54. The number of amides is 1. The minimum atomic E-state index is -0.244. The van der Waals surface area contributed by atoms with Gasteiger partial charge in [0.2, 0.25) is 0 Å². The fraction of sp³-hybridized carbons (Fsp3) is 0.417. The smallest absolute Gasteiger partial charge is 0.255 e. The van der Waals surface area contributed by atoms with Gasteiger partial charge in [-0.1, -0.05) is 11.6 Å². The molecule has 0 aromatic heterocycles. The van der Waals surface area contributed by atoms with E-state index in [0.717, 1.165) is 0 Å². The Kier molecular flexibility index (Phi) is 5.91. The van der Waals surface area contributed by atoms with Crippen LogP contribution >= 0.6 is 11.6 Å². The highest BCUT2D eigenvalue weighted by atomic mass is 35.5. The van der Waals surface area contributed by atoms with Crippen LogP contribution in [0.5, 0.6) is 0 Å². The number of methoxy groups -OCH3 is 1. The van der Waals surface area contributed by atoms with Crippen LogP contribution in [0.4, 0.5) is 5.69 Å². The van der Waals surface area contributed by atoms with Crippen molar-refractivity contribution in [2.24, 2.45) is 0 Å². The molecule has 0 aliphatic carbocycles. The maximum absolute atomic E-state index is 12.2. The fourth-order valence-corrected chi connectivity index (χ4v) is 1.78. The van der Waals surface area contributed by atoms with E-state index in [1.165, 1.54) is 11.0 Å². The SMILES string of the molecule is COCCN(CCO)C(=O)c1ccc(N)cc1Cl. The van der Waals surface area contributed by atoms with E-state index in [-0.39, 0.29) is 19.1 Å². The Labute approximate surface area is 111 Å². The van der Waals surface area contributed by atoms with E-state index in [4.69, 9.17) is 27.2 Å². The molecule has 18 heavy (non-hydrogen) atoms. The van der Waals surface area contributed by atoms with Gasteiger partial charge in [0.1, 0.15) is 0 Å². The van der Waals surface area contributed by atoms with Crippen molar-refractivity contribution in [1.82, 2.24) is 4.90 Å². The molecule has 3 N–H and O–H groups in total. The summed E-state index contributed by atoms with van der Waals surface area (Å²) < 4.78 is 4.93. The Balaban J connectivity index is 2.87. The molecule has 0 aliphatic heterocycles. The molecule has 100 valence electrons. The van der Waals surface area contributed by atoms with Gasteiger partial charge < -0.3 is 20.5 Å². The number of anilines is 1. The predicted molar refractivity (Wildman–Crippen MR) is 70.7 cm³/mol. The molecule has 1 rings (SSSR count). The second-order valence-corrected chi connectivity index (χ2v) is 4.16. The van der Waals surface area contributed by atoms with Crippen LogP contribution in [0, 0.1) is 0 Å². The molecule has 1 aromatic rings. The van der Waals surface area contributed by atoms with Crippen molar-refractivity contribution >= 4 is 23.2 Å². The van der Waals surface area contributed by atoms with Crippen LogP contribution in [-0.4, -0.2) is 49.3 Å². The molecule has 0 heterocycles. The number of nitrogen functional groups attached to an aromatic ring is 1. The molecule has 0 atom stereocenters. The number of carbonyl (C=O) groups excluding carboxylic acids is 1. The summed E-state index contributed by atoms with van der Waals surface area (Å²) in [5.41, 5.74) is 6.45. The number of benzene rings is 1. The largest absolute Gasteiger partial charge is 0.399 e. The number of hydrogen-bond acceptors (Lipinski definition) is 4. The molecule has 0 bridgehead atoms. The van der Waals surface area contributed by atoms with Gasteiger partial charge in [0.25, 0.3) is 5.91 Å². The zero-order valence-electron chi connectivity index (χ0n) is 10.2. The van der Waals surface area contributed by atoms with Gasteiger partial charge in [-0.05, 0) is 18.2 Å². The number of carbonyl (C=O) groups is 1. The molecular formula is C12H17ClN2O3. The molecule has 0 aliphatic rings. The van der Waals surface area contributed by atoms with Gasteiger partial charge in [0.15, 0.2) is 0 Å². The first-order valence-corrected chi connectivity index (χ1v) is 5.92. The Hall–Kier alpha value is -1.30. The summed E-state index contributed by atoms with van der Waals surface area (Å²) >= 11 is 5.98. The Morgan fingerprint density at radius 3 is 2.78 bits per heavy atom. The van der Waals surface area contributed by atoms with Crippen LogP contribution in [0.1, 0.15) is 10.4 Å². The zero-order chi connectivity index (χ0) is 13.5. The van der Waals surface area contributed by atoms with E-state index in [9.17, 15) is 4.79 Å². The van der Waals surface area contributed by atoms with Crippen LogP contribution in [0.2, 0.25) is 5.02 Å². The summed E-state index contributed by atoms with van der Waals surface area (Å²) in [6, 6.07) is 4.73. The van der Waals surface area contributed by atoms with Crippen LogP contribution in [0.3, 0.4) is 0 Å². The highest BCUT2D eigenvalue weighted by Gasteiger charge is 2.17. The highest BCUT2D eigenvalue weighted by molar-refractivity contribution is 6.34. The molecule has 0 unspecified atom stereocenters. The number of halogens is 1. The van der Waals surface area contributed by atoms with E-state index in [0.29, 0.717) is 29.4 Å². The third kappa shape index (κ3) is 3.87. The molecule has 0 saturated carbocycles. The van der Waals surface area contributed by atoms with Crippen molar-refractivity contribution in [2.75, 3.05) is 39.1 Å². The monoisotopic (exact) mass is 272 g/mol. The number of hydrogen-bond donors (Lipinski definition) is 2. The lowest BCUT2D eigenvalue weighted by molar-refractivity contribution is 0.0656.